The second-order valence-corrected chi connectivity index (χ2v) is 6.35. The van der Waals surface area contributed by atoms with E-state index in [1.165, 1.54) is 7.11 Å². The number of methoxy groups -OCH3 is 1. The molecule has 0 spiro atoms. The highest BCUT2D eigenvalue weighted by atomic mass is 16.5. The van der Waals surface area contributed by atoms with Crippen LogP contribution >= 0.6 is 0 Å². The molecule has 0 saturated carbocycles. The van der Waals surface area contributed by atoms with Crippen molar-refractivity contribution in [2.75, 3.05) is 19.0 Å². The zero-order valence-electron chi connectivity index (χ0n) is 16.2. The molecule has 1 aromatic heterocycles. The van der Waals surface area contributed by atoms with Crippen LogP contribution in [0.4, 0.5) is 5.69 Å². The first-order chi connectivity index (χ1) is 14.0. The van der Waals surface area contributed by atoms with Crippen molar-refractivity contribution in [2.45, 2.75) is 12.8 Å². The Balaban J connectivity index is 1.54. The Hall–Kier alpha value is -3.68. The summed E-state index contributed by atoms with van der Waals surface area (Å²) >= 11 is 0. The molecule has 2 aromatic carbocycles. The summed E-state index contributed by atoms with van der Waals surface area (Å²) in [6, 6.07) is 14.0. The summed E-state index contributed by atoms with van der Waals surface area (Å²) in [5.41, 5.74) is 0.953. The van der Waals surface area contributed by atoms with Gasteiger partial charge in [-0.3, -0.25) is 14.4 Å². The molecule has 150 valence electrons. The van der Waals surface area contributed by atoms with Crippen molar-refractivity contribution in [1.82, 2.24) is 9.55 Å². The van der Waals surface area contributed by atoms with E-state index in [1.807, 2.05) is 12.1 Å². The number of aromatic nitrogens is 2. The molecule has 0 unspecified atom stereocenters. The highest BCUT2D eigenvalue weighted by Gasteiger charge is 2.12. The molecule has 0 aliphatic carbocycles. The van der Waals surface area contributed by atoms with Crippen LogP contribution in [0.5, 0.6) is 5.75 Å². The van der Waals surface area contributed by atoms with Crippen molar-refractivity contribution in [3.8, 4) is 5.75 Å². The maximum Gasteiger partial charge on any atom is 0.306 e. The summed E-state index contributed by atoms with van der Waals surface area (Å²) in [4.78, 5) is 40.1. The number of hydrogen-bond acceptors (Lipinski definition) is 6. The molecule has 1 heterocycles. The quantitative estimate of drug-likeness (QED) is 0.615. The predicted molar refractivity (Wildman–Crippen MR) is 108 cm³/mol. The topological polar surface area (TPSA) is 99.5 Å². The van der Waals surface area contributed by atoms with E-state index in [-0.39, 0.29) is 18.4 Å². The van der Waals surface area contributed by atoms with Gasteiger partial charge in [0.1, 0.15) is 11.6 Å². The zero-order valence-corrected chi connectivity index (χ0v) is 16.2. The Kier molecular flexibility index (Phi) is 6.23. The second-order valence-electron chi connectivity index (χ2n) is 6.35. The van der Waals surface area contributed by atoms with Crippen LogP contribution in [0.15, 0.2) is 53.3 Å². The maximum atomic E-state index is 12.1. The molecule has 0 aliphatic rings. The Bertz CT molecular complexity index is 1110. The van der Waals surface area contributed by atoms with Gasteiger partial charge in [0.15, 0.2) is 6.61 Å². The lowest BCUT2D eigenvalue weighted by molar-refractivity contribution is -0.147. The smallest absolute Gasteiger partial charge is 0.306 e. The number of carbonyl (C=O) groups excluding carboxylic acids is 2. The molecule has 0 atom stereocenters. The van der Waals surface area contributed by atoms with E-state index in [0.717, 1.165) is 5.52 Å². The number of ether oxygens (including phenoxy) is 2. The van der Waals surface area contributed by atoms with Gasteiger partial charge in [0.25, 0.3) is 11.5 Å². The SMILES string of the molecule is COc1cccc(NC(=O)COC(=O)CCc2nc(=O)c3ccccc3n2C)c1. The number of esters is 1. The highest BCUT2D eigenvalue weighted by Crippen LogP contribution is 2.16. The van der Waals surface area contributed by atoms with Gasteiger partial charge >= 0.3 is 5.97 Å². The van der Waals surface area contributed by atoms with Crippen LogP contribution in [-0.4, -0.2) is 35.1 Å². The summed E-state index contributed by atoms with van der Waals surface area (Å²) in [7, 11) is 3.32. The summed E-state index contributed by atoms with van der Waals surface area (Å²) in [5, 5.41) is 3.15. The molecule has 3 aromatic rings. The molecule has 0 fully saturated rings. The fraction of sp³-hybridized carbons (Fsp3) is 0.238. The lowest BCUT2D eigenvalue weighted by Crippen LogP contribution is -2.22. The fourth-order valence-electron chi connectivity index (χ4n) is 2.89. The molecule has 8 heteroatoms. The Morgan fingerprint density at radius 2 is 1.93 bits per heavy atom. The van der Waals surface area contributed by atoms with Gasteiger partial charge in [-0.1, -0.05) is 18.2 Å². The molecular weight excluding hydrogens is 374 g/mol. The van der Waals surface area contributed by atoms with Gasteiger partial charge in [0.2, 0.25) is 0 Å². The first kappa shape index (κ1) is 20.1. The number of nitrogens with one attached hydrogen (secondary N) is 1. The minimum Gasteiger partial charge on any atom is -0.497 e. The largest absolute Gasteiger partial charge is 0.497 e. The summed E-state index contributed by atoms with van der Waals surface area (Å²) in [5.74, 6) is 0.0795. The van der Waals surface area contributed by atoms with Crippen molar-refractivity contribution >= 4 is 28.5 Å². The summed E-state index contributed by atoms with van der Waals surface area (Å²) in [6.07, 6.45) is 0.234. The summed E-state index contributed by atoms with van der Waals surface area (Å²) < 4.78 is 11.9. The van der Waals surface area contributed by atoms with Crippen LogP contribution in [0.1, 0.15) is 12.2 Å². The Morgan fingerprint density at radius 3 is 2.72 bits per heavy atom. The second kappa shape index (κ2) is 9.01. The van der Waals surface area contributed by atoms with Crippen molar-refractivity contribution in [3.63, 3.8) is 0 Å². The molecule has 1 N–H and O–H groups in total. The maximum absolute atomic E-state index is 12.1. The molecule has 29 heavy (non-hydrogen) atoms. The number of benzene rings is 2. The fourth-order valence-corrected chi connectivity index (χ4v) is 2.89. The van der Waals surface area contributed by atoms with Gasteiger partial charge in [-0.05, 0) is 24.3 Å². The van der Waals surface area contributed by atoms with E-state index < -0.39 is 18.5 Å². The van der Waals surface area contributed by atoms with Crippen LogP contribution in [0.25, 0.3) is 10.9 Å². The van der Waals surface area contributed by atoms with Gasteiger partial charge < -0.3 is 19.4 Å². The van der Waals surface area contributed by atoms with E-state index in [4.69, 9.17) is 9.47 Å². The third kappa shape index (κ3) is 4.98. The van der Waals surface area contributed by atoms with Crippen LogP contribution in [0.2, 0.25) is 0 Å². The van der Waals surface area contributed by atoms with E-state index >= 15 is 0 Å². The van der Waals surface area contributed by atoms with E-state index in [2.05, 4.69) is 10.3 Å². The number of rotatable bonds is 7. The van der Waals surface area contributed by atoms with Crippen LogP contribution in [0, 0.1) is 0 Å². The minimum atomic E-state index is -0.548. The standard InChI is InChI=1S/C21H21N3O5/c1-24-17-9-4-3-8-16(17)21(27)23-18(24)10-11-20(26)29-13-19(25)22-14-6-5-7-15(12-14)28-2/h3-9,12H,10-11,13H2,1-2H3,(H,22,25). The first-order valence-corrected chi connectivity index (χ1v) is 9.02. The molecule has 1 amide bonds. The van der Waals surface area contributed by atoms with Crippen LogP contribution < -0.4 is 15.6 Å². The van der Waals surface area contributed by atoms with Gasteiger partial charge in [-0.15, -0.1) is 0 Å². The van der Waals surface area contributed by atoms with E-state index in [1.54, 1.807) is 48.0 Å². The number of para-hydroxylation sites is 1. The van der Waals surface area contributed by atoms with Crippen molar-refractivity contribution in [1.29, 1.82) is 0 Å². The molecular formula is C21H21N3O5. The molecule has 0 aliphatic heterocycles. The van der Waals surface area contributed by atoms with Gasteiger partial charge in [-0.25, -0.2) is 0 Å². The third-order valence-electron chi connectivity index (χ3n) is 4.38. The van der Waals surface area contributed by atoms with Crippen LogP contribution in [0.3, 0.4) is 0 Å². The lowest BCUT2D eigenvalue weighted by Gasteiger charge is -2.11. The van der Waals surface area contributed by atoms with Crippen LogP contribution in [-0.2, 0) is 27.8 Å². The normalized spacial score (nSPS) is 10.6. The third-order valence-corrected chi connectivity index (χ3v) is 4.38. The summed E-state index contributed by atoms with van der Waals surface area (Å²) in [6.45, 7) is -0.403. The van der Waals surface area contributed by atoms with Crippen molar-refractivity contribution in [3.05, 3.63) is 64.7 Å². The first-order valence-electron chi connectivity index (χ1n) is 9.02. The Labute approximate surface area is 167 Å². The molecule has 0 saturated heterocycles. The zero-order chi connectivity index (χ0) is 20.8. The average Bonchev–Trinajstić information content (AvgIpc) is 2.74. The lowest BCUT2D eigenvalue weighted by atomic mass is 10.2. The van der Waals surface area contributed by atoms with Gasteiger partial charge in [0, 0.05) is 25.2 Å². The Morgan fingerprint density at radius 1 is 1.14 bits per heavy atom. The van der Waals surface area contributed by atoms with Gasteiger partial charge in [-0.2, -0.15) is 4.98 Å². The minimum absolute atomic E-state index is 0.00502. The molecule has 0 bridgehead atoms. The number of anilines is 1. The number of carbonyl (C=O) groups is 2. The average molecular weight is 395 g/mol. The number of hydrogen-bond donors (Lipinski definition) is 1. The van der Waals surface area contributed by atoms with E-state index in [0.29, 0.717) is 22.6 Å². The number of aryl methyl sites for hydroxylation is 2. The number of amides is 1. The molecule has 3 rings (SSSR count). The molecule has 0 radical (unpaired) electrons. The van der Waals surface area contributed by atoms with E-state index in [9.17, 15) is 14.4 Å². The monoisotopic (exact) mass is 395 g/mol. The predicted octanol–water partition coefficient (Wildman–Crippen LogP) is 2.06. The van der Waals surface area contributed by atoms with Gasteiger partial charge in [0.05, 0.1) is 24.4 Å². The highest BCUT2D eigenvalue weighted by molar-refractivity contribution is 5.93. The molecule has 8 nitrogen and oxygen atoms in total. The van der Waals surface area contributed by atoms with Crippen molar-refractivity contribution < 1.29 is 19.1 Å². The van der Waals surface area contributed by atoms with Crippen molar-refractivity contribution in [2.24, 2.45) is 7.05 Å². The number of nitrogens with zero attached hydrogens (tertiary/aromatic N) is 2. The number of fused-ring (bicyclic) bond motifs is 1.